The maximum Gasteiger partial charge on any atom is 0.288 e. The van der Waals surface area contributed by atoms with Crippen LogP contribution in [0.5, 0.6) is 0 Å². The topological polar surface area (TPSA) is 94.4 Å². The molecule has 1 saturated carbocycles. The van der Waals surface area contributed by atoms with E-state index in [9.17, 15) is 14.9 Å². The van der Waals surface area contributed by atoms with Crippen LogP contribution < -0.4 is 5.32 Å². The standard InChI is InChI=1S/C13H16ClN3O4/c1-21-5-4-13(2-3-13)8-16-12(18)10-6-9(17(19)20)7-15-11(10)14/h6-7H,2-5,8H2,1H3,(H,16,18). The monoisotopic (exact) mass is 313 g/mol. The predicted molar refractivity (Wildman–Crippen MR) is 76.4 cm³/mol. The number of nitrogens with zero attached hydrogens (tertiary/aromatic N) is 2. The Bertz CT molecular complexity index is 560. The van der Waals surface area contributed by atoms with Crippen molar-refractivity contribution in [2.75, 3.05) is 20.3 Å². The van der Waals surface area contributed by atoms with E-state index in [1.807, 2.05) is 0 Å². The number of pyridine rings is 1. The summed E-state index contributed by atoms with van der Waals surface area (Å²) in [6, 6.07) is 1.14. The van der Waals surface area contributed by atoms with Crippen molar-refractivity contribution in [2.24, 2.45) is 5.41 Å². The van der Waals surface area contributed by atoms with Crippen molar-refractivity contribution in [1.82, 2.24) is 10.3 Å². The molecule has 0 saturated heterocycles. The van der Waals surface area contributed by atoms with Crippen molar-refractivity contribution in [1.29, 1.82) is 0 Å². The number of carbonyl (C=O) groups is 1. The van der Waals surface area contributed by atoms with Gasteiger partial charge in [-0.2, -0.15) is 0 Å². The number of hydrogen-bond donors (Lipinski definition) is 1. The van der Waals surface area contributed by atoms with Crippen LogP contribution in [0.4, 0.5) is 5.69 Å². The van der Waals surface area contributed by atoms with Gasteiger partial charge in [-0.25, -0.2) is 4.98 Å². The van der Waals surface area contributed by atoms with Gasteiger partial charge >= 0.3 is 0 Å². The Kier molecular flexibility index (Phi) is 4.74. The van der Waals surface area contributed by atoms with E-state index < -0.39 is 10.8 Å². The van der Waals surface area contributed by atoms with Gasteiger partial charge in [-0.3, -0.25) is 14.9 Å². The maximum atomic E-state index is 12.1. The summed E-state index contributed by atoms with van der Waals surface area (Å²) in [7, 11) is 1.64. The number of methoxy groups -OCH3 is 1. The molecular formula is C13H16ClN3O4. The minimum atomic E-state index is -0.610. The van der Waals surface area contributed by atoms with Crippen LogP contribution in [0.25, 0.3) is 0 Å². The molecule has 1 aromatic heterocycles. The summed E-state index contributed by atoms with van der Waals surface area (Å²) in [5, 5.41) is 13.4. The molecule has 0 atom stereocenters. The smallest absolute Gasteiger partial charge is 0.288 e. The number of nitrogens with one attached hydrogen (secondary N) is 1. The van der Waals surface area contributed by atoms with Gasteiger partial charge in [0.15, 0.2) is 0 Å². The number of aromatic nitrogens is 1. The van der Waals surface area contributed by atoms with E-state index in [4.69, 9.17) is 16.3 Å². The zero-order valence-electron chi connectivity index (χ0n) is 11.6. The van der Waals surface area contributed by atoms with Crippen LogP contribution in [-0.4, -0.2) is 36.1 Å². The van der Waals surface area contributed by atoms with Crippen LogP contribution in [-0.2, 0) is 4.74 Å². The Hall–Kier alpha value is -1.73. The lowest BCUT2D eigenvalue weighted by atomic mass is 10.0. The van der Waals surface area contributed by atoms with Gasteiger partial charge in [-0.1, -0.05) is 11.6 Å². The minimum Gasteiger partial charge on any atom is -0.385 e. The van der Waals surface area contributed by atoms with Gasteiger partial charge in [0, 0.05) is 26.3 Å². The Morgan fingerprint density at radius 1 is 1.62 bits per heavy atom. The molecule has 1 heterocycles. The first kappa shape index (κ1) is 15.7. The van der Waals surface area contributed by atoms with Gasteiger partial charge in [0.1, 0.15) is 11.3 Å². The zero-order valence-corrected chi connectivity index (χ0v) is 12.4. The molecule has 1 fully saturated rings. The molecule has 8 heteroatoms. The fourth-order valence-electron chi connectivity index (χ4n) is 2.07. The molecule has 1 N–H and O–H groups in total. The average molecular weight is 314 g/mol. The van der Waals surface area contributed by atoms with Crippen molar-refractivity contribution in [3.63, 3.8) is 0 Å². The predicted octanol–water partition coefficient (Wildman–Crippen LogP) is 2.19. The van der Waals surface area contributed by atoms with E-state index in [1.165, 1.54) is 0 Å². The summed E-state index contributed by atoms with van der Waals surface area (Å²) in [5.74, 6) is -0.445. The summed E-state index contributed by atoms with van der Waals surface area (Å²) in [6.45, 7) is 1.16. The molecule has 0 aliphatic heterocycles. The second-order valence-electron chi connectivity index (χ2n) is 5.21. The molecule has 1 aliphatic rings. The van der Waals surface area contributed by atoms with Gasteiger partial charge in [0.2, 0.25) is 0 Å². The van der Waals surface area contributed by atoms with E-state index in [0.717, 1.165) is 31.5 Å². The fourth-order valence-corrected chi connectivity index (χ4v) is 2.26. The Morgan fingerprint density at radius 2 is 2.33 bits per heavy atom. The van der Waals surface area contributed by atoms with Crippen LogP contribution in [0.15, 0.2) is 12.3 Å². The molecule has 7 nitrogen and oxygen atoms in total. The number of ether oxygens (including phenoxy) is 1. The lowest BCUT2D eigenvalue weighted by Gasteiger charge is -2.15. The number of carbonyl (C=O) groups excluding carboxylic acids is 1. The summed E-state index contributed by atoms with van der Waals surface area (Å²) in [6.07, 6.45) is 3.99. The SMILES string of the molecule is COCCC1(CNC(=O)c2cc([N+](=O)[O-])cnc2Cl)CC1. The Balaban J connectivity index is 2.00. The molecule has 21 heavy (non-hydrogen) atoms. The third-order valence-corrected chi connectivity index (χ3v) is 4.00. The normalized spacial score (nSPS) is 15.5. The van der Waals surface area contributed by atoms with Crippen LogP contribution in [0.1, 0.15) is 29.6 Å². The maximum absolute atomic E-state index is 12.1. The Morgan fingerprint density at radius 3 is 2.90 bits per heavy atom. The number of amides is 1. The van der Waals surface area contributed by atoms with Crippen molar-refractivity contribution >= 4 is 23.2 Å². The number of hydrogen-bond acceptors (Lipinski definition) is 5. The second-order valence-corrected chi connectivity index (χ2v) is 5.57. The molecule has 1 aromatic rings. The molecule has 0 bridgehead atoms. The third-order valence-electron chi connectivity index (χ3n) is 3.70. The number of halogens is 1. The zero-order chi connectivity index (χ0) is 15.5. The summed E-state index contributed by atoms with van der Waals surface area (Å²) >= 11 is 5.83. The summed E-state index contributed by atoms with van der Waals surface area (Å²) < 4.78 is 5.05. The van der Waals surface area contributed by atoms with Crippen LogP contribution in [0, 0.1) is 15.5 Å². The molecule has 1 aliphatic carbocycles. The van der Waals surface area contributed by atoms with Crippen molar-refractivity contribution < 1.29 is 14.5 Å². The highest BCUT2D eigenvalue weighted by molar-refractivity contribution is 6.32. The quantitative estimate of drug-likeness (QED) is 0.473. The average Bonchev–Trinajstić information content (AvgIpc) is 3.23. The first-order valence-electron chi connectivity index (χ1n) is 6.54. The minimum absolute atomic E-state index is 0.0217. The van der Waals surface area contributed by atoms with Crippen LogP contribution >= 0.6 is 11.6 Å². The largest absolute Gasteiger partial charge is 0.385 e. The number of rotatable bonds is 7. The molecule has 2 rings (SSSR count). The van der Waals surface area contributed by atoms with E-state index in [-0.39, 0.29) is 21.8 Å². The highest BCUT2D eigenvalue weighted by atomic mass is 35.5. The van der Waals surface area contributed by atoms with Crippen molar-refractivity contribution in [3.05, 3.63) is 33.1 Å². The molecule has 1 amide bonds. The summed E-state index contributed by atoms with van der Waals surface area (Å²) in [4.78, 5) is 25.9. The molecule has 0 radical (unpaired) electrons. The second kappa shape index (κ2) is 6.36. The van der Waals surface area contributed by atoms with E-state index >= 15 is 0 Å². The van der Waals surface area contributed by atoms with E-state index in [1.54, 1.807) is 7.11 Å². The highest BCUT2D eigenvalue weighted by Crippen LogP contribution is 2.48. The molecule has 114 valence electrons. The van der Waals surface area contributed by atoms with Gasteiger partial charge in [0.05, 0.1) is 10.5 Å². The highest BCUT2D eigenvalue weighted by Gasteiger charge is 2.42. The van der Waals surface area contributed by atoms with Crippen LogP contribution in [0.2, 0.25) is 5.15 Å². The molecular weight excluding hydrogens is 298 g/mol. The van der Waals surface area contributed by atoms with Gasteiger partial charge in [-0.15, -0.1) is 0 Å². The van der Waals surface area contributed by atoms with Crippen molar-refractivity contribution in [3.8, 4) is 0 Å². The Labute approximate surface area is 126 Å². The molecule has 0 aromatic carbocycles. The van der Waals surface area contributed by atoms with E-state index in [0.29, 0.717) is 13.2 Å². The lowest BCUT2D eigenvalue weighted by molar-refractivity contribution is -0.385. The van der Waals surface area contributed by atoms with Gasteiger partial charge in [0.25, 0.3) is 11.6 Å². The third kappa shape index (κ3) is 3.89. The fraction of sp³-hybridized carbons (Fsp3) is 0.538. The number of nitro groups is 1. The van der Waals surface area contributed by atoms with Crippen molar-refractivity contribution in [2.45, 2.75) is 19.3 Å². The molecule has 0 spiro atoms. The van der Waals surface area contributed by atoms with Crippen LogP contribution in [0.3, 0.4) is 0 Å². The first-order valence-corrected chi connectivity index (χ1v) is 6.92. The van der Waals surface area contributed by atoms with E-state index in [2.05, 4.69) is 10.3 Å². The lowest BCUT2D eigenvalue weighted by Crippen LogP contribution is -2.31. The first-order chi connectivity index (χ1) is 9.97. The van der Waals surface area contributed by atoms with Gasteiger partial charge < -0.3 is 10.1 Å². The molecule has 0 unspecified atom stereocenters. The van der Waals surface area contributed by atoms with Gasteiger partial charge in [-0.05, 0) is 24.7 Å². The summed E-state index contributed by atoms with van der Waals surface area (Å²) in [5.41, 5.74) is -0.148.